The third kappa shape index (κ3) is 2.52. The predicted molar refractivity (Wildman–Crippen MR) is 48.8 cm³/mol. The first kappa shape index (κ1) is 9.02. The van der Waals surface area contributed by atoms with Crippen LogP contribution in [0.5, 0.6) is 0 Å². The number of hydrogen-bond donors (Lipinski definition) is 2. The molecule has 0 aromatic carbocycles. The molecule has 1 aromatic rings. The van der Waals surface area contributed by atoms with Crippen LogP contribution in [0.25, 0.3) is 0 Å². The van der Waals surface area contributed by atoms with Crippen LogP contribution in [0.2, 0.25) is 0 Å². The highest BCUT2D eigenvalue weighted by atomic mass is 32.1. The largest absolute Gasteiger partial charge is 0.395 e. The van der Waals surface area contributed by atoms with E-state index in [0.717, 1.165) is 5.56 Å². The summed E-state index contributed by atoms with van der Waals surface area (Å²) in [4.78, 5) is 8.19. The van der Waals surface area contributed by atoms with Gasteiger partial charge >= 0.3 is 0 Å². The average molecular weight is 183 g/mol. The Hall–Kier alpha value is -1.07. The lowest BCUT2D eigenvalue weighted by atomic mass is 10.3. The van der Waals surface area contributed by atoms with E-state index in [4.69, 9.17) is 17.3 Å². The van der Waals surface area contributed by atoms with Gasteiger partial charge < -0.3 is 10.4 Å². The van der Waals surface area contributed by atoms with Crippen LogP contribution in [-0.2, 0) is 0 Å². The molecule has 0 atom stereocenters. The van der Waals surface area contributed by atoms with Crippen molar-refractivity contribution in [3.63, 3.8) is 0 Å². The number of rotatable bonds is 3. The van der Waals surface area contributed by atoms with Crippen molar-refractivity contribution in [3.8, 4) is 0 Å². The van der Waals surface area contributed by atoms with Gasteiger partial charge in [0.25, 0.3) is 0 Å². The van der Waals surface area contributed by atoms with E-state index in [1.165, 1.54) is 6.33 Å². The van der Waals surface area contributed by atoms with Crippen LogP contribution in [0.15, 0.2) is 18.7 Å². The monoisotopic (exact) mass is 183 g/mol. The normalized spacial score (nSPS) is 9.42. The molecule has 0 fully saturated rings. The Bertz CT molecular complexity index is 252. The molecule has 0 aliphatic rings. The Balaban J connectivity index is 2.54. The number of aromatic nitrogens is 2. The zero-order chi connectivity index (χ0) is 8.81. The lowest BCUT2D eigenvalue weighted by Gasteiger charge is -2.03. The lowest BCUT2D eigenvalue weighted by Crippen LogP contribution is -2.25. The molecule has 0 unspecified atom stereocenters. The van der Waals surface area contributed by atoms with Gasteiger partial charge in [-0.3, -0.25) is 0 Å². The smallest absolute Gasteiger partial charge is 0.115 e. The van der Waals surface area contributed by atoms with E-state index < -0.39 is 0 Å². The highest BCUT2D eigenvalue weighted by molar-refractivity contribution is 7.80. The first-order chi connectivity index (χ1) is 5.84. The van der Waals surface area contributed by atoms with E-state index in [0.29, 0.717) is 11.5 Å². The van der Waals surface area contributed by atoms with E-state index in [9.17, 15) is 0 Å². The molecule has 1 rings (SSSR count). The van der Waals surface area contributed by atoms with Gasteiger partial charge in [-0.2, -0.15) is 0 Å². The predicted octanol–water partition coefficient (Wildman–Crippen LogP) is -0.266. The van der Waals surface area contributed by atoms with Crippen LogP contribution in [0, 0.1) is 0 Å². The first-order valence-corrected chi connectivity index (χ1v) is 3.89. The number of aliphatic hydroxyl groups excluding tert-OH is 1. The minimum absolute atomic E-state index is 0.0633. The maximum Gasteiger partial charge on any atom is 0.115 e. The molecular formula is C7H9N3OS. The maximum absolute atomic E-state index is 8.51. The first-order valence-electron chi connectivity index (χ1n) is 3.48. The third-order valence-corrected chi connectivity index (χ3v) is 1.60. The summed E-state index contributed by atoms with van der Waals surface area (Å²) < 4.78 is 0. The topological polar surface area (TPSA) is 58.0 Å². The molecule has 1 aromatic heterocycles. The SMILES string of the molecule is OCCNC(=S)c1cncnc1. The van der Waals surface area contributed by atoms with Crippen molar-refractivity contribution < 1.29 is 5.11 Å². The molecule has 0 spiro atoms. The Morgan fingerprint density at radius 2 is 2.17 bits per heavy atom. The van der Waals surface area contributed by atoms with Gasteiger partial charge in [0.05, 0.1) is 6.61 Å². The van der Waals surface area contributed by atoms with Gasteiger partial charge in [-0.05, 0) is 0 Å². The van der Waals surface area contributed by atoms with Crippen LogP contribution in [0.1, 0.15) is 5.56 Å². The van der Waals surface area contributed by atoms with Crippen LogP contribution < -0.4 is 5.32 Å². The second-order valence-electron chi connectivity index (χ2n) is 2.11. The van der Waals surface area contributed by atoms with Gasteiger partial charge in [0.15, 0.2) is 0 Å². The van der Waals surface area contributed by atoms with Gasteiger partial charge in [-0.15, -0.1) is 0 Å². The summed E-state index contributed by atoms with van der Waals surface area (Å²) >= 11 is 4.98. The van der Waals surface area contributed by atoms with E-state index in [2.05, 4.69) is 15.3 Å². The molecule has 0 aliphatic heterocycles. The van der Waals surface area contributed by atoms with Crippen molar-refractivity contribution >= 4 is 17.2 Å². The summed E-state index contributed by atoms with van der Waals surface area (Å²) in [6.45, 7) is 0.515. The van der Waals surface area contributed by atoms with Crippen LogP contribution in [0.3, 0.4) is 0 Å². The average Bonchev–Trinajstić information content (AvgIpc) is 2.15. The standard InChI is InChI=1S/C7H9N3OS/c11-2-1-10-7(12)6-3-8-5-9-4-6/h3-5,11H,1-2H2,(H,10,12). The second-order valence-corrected chi connectivity index (χ2v) is 2.51. The van der Waals surface area contributed by atoms with E-state index >= 15 is 0 Å². The second kappa shape index (κ2) is 4.74. The molecule has 0 saturated heterocycles. The van der Waals surface area contributed by atoms with Gasteiger partial charge in [0.2, 0.25) is 0 Å². The Kier molecular flexibility index (Phi) is 3.56. The molecule has 1 heterocycles. The summed E-state index contributed by atoms with van der Waals surface area (Å²) in [5.41, 5.74) is 0.765. The van der Waals surface area contributed by atoms with Gasteiger partial charge in [0.1, 0.15) is 11.3 Å². The number of thiocarbonyl (C=S) groups is 1. The highest BCUT2D eigenvalue weighted by Crippen LogP contribution is 1.93. The molecule has 2 N–H and O–H groups in total. The summed E-state index contributed by atoms with van der Waals surface area (Å²) in [7, 11) is 0. The fourth-order valence-electron chi connectivity index (χ4n) is 0.688. The summed E-state index contributed by atoms with van der Waals surface area (Å²) in [6, 6.07) is 0. The van der Waals surface area contributed by atoms with E-state index in [-0.39, 0.29) is 6.61 Å². The maximum atomic E-state index is 8.51. The summed E-state index contributed by atoms with van der Waals surface area (Å²) in [5.74, 6) is 0. The molecule has 64 valence electrons. The van der Waals surface area contributed by atoms with Crippen molar-refractivity contribution in [2.45, 2.75) is 0 Å². The Labute approximate surface area is 75.7 Å². The van der Waals surface area contributed by atoms with Crippen molar-refractivity contribution in [1.29, 1.82) is 0 Å². The van der Waals surface area contributed by atoms with Crippen LogP contribution in [0.4, 0.5) is 0 Å². The van der Waals surface area contributed by atoms with Gasteiger partial charge in [-0.1, -0.05) is 12.2 Å². The number of nitrogens with zero attached hydrogens (tertiary/aromatic N) is 2. The quantitative estimate of drug-likeness (QED) is 0.632. The summed E-state index contributed by atoms with van der Waals surface area (Å²) in [6.07, 6.45) is 4.69. The highest BCUT2D eigenvalue weighted by Gasteiger charge is 1.98. The zero-order valence-corrected chi connectivity index (χ0v) is 7.21. The van der Waals surface area contributed by atoms with Gasteiger partial charge in [0, 0.05) is 24.5 Å². The third-order valence-electron chi connectivity index (χ3n) is 1.22. The molecule has 0 amide bonds. The molecule has 0 radical (unpaired) electrons. The van der Waals surface area contributed by atoms with Crippen molar-refractivity contribution in [2.75, 3.05) is 13.2 Å². The molecule has 0 bridgehead atoms. The number of hydrogen-bond acceptors (Lipinski definition) is 4. The number of aliphatic hydroxyl groups is 1. The van der Waals surface area contributed by atoms with Crippen molar-refractivity contribution in [1.82, 2.24) is 15.3 Å². The molecule has 12 heavy (non-hydrogen) atoms. The lowest BCUT2D eigenvalue weighted by molar-refractivity contribution is 0.301. The fourth-order valence-corrected chi connectivity index (χ4v) is 0.895. The van der Waals surface area contributed by atoms with E-state index in [1.807, 2.05) is 0 Å². The fraction of sp³-hybridized carbons (Fsp3) is 0.286. The molecule has 0 aliphatic carbocycles. The van der Waals surface area contributed by atoms with Gasteiger partial charge in [-0.25, -0.2) is 9.97 Å². The molecule has 5 heteroatoms. The van der Waals surface area contributed by atoms with Crippen molar-refractivity contribution in [3.05, 3.63) is 24.3 Å². The zero-order valence-electron chi connectivity index (χ0n) is 6.40. The Morgan fingerprint density at radius 1 is 1.50 bits per heavy atom. The minimum atomic E-state index is 0.0633. The Morgan fingerprint density at radius 3 is 2.75 bits per heavy atom. The summed E-state index contributed by atoms with van der Waals surface area (Å²) in [5, 5.41) is 11.4. The van der Waals surface area contributed by atoms with Crippen LogP contribution >= 0.6 is 12.2 Å². The van der Waals surface area contributed by atoms with Crippen LogP contribution in [-0.4, -0.2) is 33.2 Å². The minimum Gasteiger partial charge on any atom is -0.395 e. The molecule has 0 saturated carbocycles. The number of nitrogens with one attached hydrogen (secondary N) is 1. The molecular weight excluding hydrogens is 174 g/mol. The molecule has 4 nitrogen and oxygen atoms in total. The van der Waals surface area contributed by atoms with Crippen molar-refractivity contribution in [2.24, 2.45) is 0 Å². The van der Waals surface area contributed by atoms with E-state index in [1.54, 1.807) is 12.4 Å².